The molecule has 0 amide bonds. The third kappa shape index (κ3) is 2.91. The highest BCUT2D eigenvalue weighted by molar-refractivity contribution is 5.41. The molecule has 3 heteroatoms. The third-order valence-corrected chi connectivity index (χ3v) is 3.60. The van der Waals surface area contributed by atoms with Gasteiger partial charge in [0, 0.05) is 13.1 Å². The topological polar surface area (TPSA) is 32.7 Å². The number of methoxy groups -OCH3 is 1. The Morgan fingerprint density at radius 3 is 2.88 bits per heavy atom. The fourth-order valence-electron chi connectivity index (χ4n) is 2.48. The minimum atomic E-state index is 0.233. The molecule has 1 aliphatic heterocycles. The lowest BCUT2D eigenvalue weighted by Crippen LogP contribution is -2.19. The summed E-state index contributed by atoms with van der Waals surface area (Å²) >= 11 is 0. The van der Waals surface area contributed by atoms with Crippen LogP contribution < -0.4 is 4.74 Å². The molecule has 0 bridgehead atoms. The van der Waals surface area contributed by atoms with Crippen molar-refractivity contribution >= 4 is 0 Å². The smallest absolute Gasteiger partial charge is 0.160 e. The second-order valence-corrected chi connectivity index (χ2v) is 4.80. The van der Waals surface area contributed by atoms with Crippen molar-refractivity contribution in [1.82, 2.24) is 4.90 Å². The zero-order chi connectivity index (χ0) is 12.3. The summed E-state index contributed by atoms with van der Waals surface area (Å²) in [5, 5.41) is 9.72. The average Bonchev–Trinajstić information content (AvgIpc) is 2.77. The van der Waals surface area contributed by atoms with E-state index >= 15 is 0 Å². The highest BCUT2D eigenvalue weighted by Crippen LogP contribution is 2.28. The van der Waals surface area contributed by atoms with Crippen LogP contribution in [0.25, 0.3) is 0 Å². The fourth-order valence-corrected chi connectivity index (χ4v) is 2.48. The summed E-state index contributed by atoms with van der Waals surface area (Å²) in [7, 11) is 1.57. The van der Waals surface area contributed by atoms with Gasteiger partial charge in [0.05, 0.1) is 7.11 Å². The Kier molecular flexibility index (Phi) is 3.89. The highest BCUT2D eigenvalue weighted by atomic mass is 16.5. The Morgan fingerprint density at radius 2 is 2.29 bits per heavy atom. The number of nitrogens with zero attached hydrogens (tertiary/aromatic N) is 1. The van der Waals surface area contributed by atoms with Crippen LogP contribution in [0.2, 0.25) is 0 Å². The maximum Gasteiger partial charge on any atom is 0.160 e. The molecule has 0 aliphatic carbocycles. The monoisotopic (exact) mass is 235 g/mol. The number of hydrogen-bond acceptors (Lipinski definition) is 3. The van der Waals surface area contributed by atoms with Crippen molar-refractivity contribution in [3.8, 4) is 11.5 Å². The van der Waals surface area contributed by atoms with E-state index in [-0.39, 0.29) is 5.75 Å². The number of phenols is 1. The maximum atomic E-state index is 9.72. The quantitative estimate of drug-likeness (QED) is 0.870. The number of rotatable bonds is 4. The van der Waals surface area contributed by atoms with Gasteiger partial charge in [-0.05, 0) is 36.6 Å². The van der Waals surface area contributed by atoms with Gasteiger partial charge in [-0.15, -0.1) is 0 Å². The maximum absolute atomic E-state index is 9.72. The average molecular weight is 235 g/mol. The molecule has 0 radical (unpaired) electrons. The van der Waals surface area contributed by atoms with Crippen molar-refractivity contribution in [3.63, 3.8) is 0 Å². The predicted octanol–water partition coefficient (Wildman–Crippen LogP) is 2.63. The summed E-state index contributed by atoms with van der Waals surface area (Å²) in [5.74, 6) is 1.62. The highest BCUT2D eigenvalue weighted by Gasteiger charge is 2.20. The Bertz CT molecular complexity index is 378. The molecular formula is C14H21NO2. The van der Waals surface area contributed by atoms with Gasteiger partial charge in [-0.3, -0.25) is 4.90 Å². The molecule has 1 saturated heterocycles. The molecule has 1 aromatic rings. The summed E-state index contributed by atoms with van der Waals surface area (Å²) in [6.07, 6.45) is 2.57. The first kappa shape index (κ1) is 12.2. The number of hydrogen-bond donors (Lipinski definition) is 1. The SMILES string of the molecule is CCC1CCN(Cc2ccc(OC)c(O)c2)C1. The summed E-state index contributed by atoms with van der Waals surface area (Å²) in [6.45, 7) is 5.54. The van der Waals surface area contributed by atoms with E-state index in [0.29, 0.717) is 5.75 Å². The van der Waals surface area contributed by atoms with E-state index in [2.05, 4.69) is 11.8 Å². The second-order valence-electron chi connectivity index (χ2n) is 4.80. The Morgan fingerprint density at radius 1 is 1.47 bits per heavy atom. The van der Waals surface area contributed by atoms with Gasteiger partial charge in [0.2, 0.25) is 0 Å². The van der Waals surface area contributed by atoms with E-state index in [1.807, 2.05) is 12.1 Å². The molecule has 0 spiro atoms. The van der Waals surface area contributed by atoms with Crippen molar-refractivity contribution in [2.45, 2.75) is 26.3 Å². The minimum absolute atomic E-state index is 0.233. The van der Waals surface area contributed by atoms with Gasteiger partial charge >= 0.3 is 0 Å². The van der Waals surface area contributed by atoms with Crippen LogP contribution in [0, 0.1) is 5.92 Å². The van der Waals surface area contributed by atoms with E-state index in [9.17, 15) is 5.11 Å². The molecule has 17 heavy (non-hydrogen) atoms. The Labute approximate surface area is 103 Å². The van der Waals surface area contributed by atoms with Gasteiger partial charge in [0.1, 0.15) is 0 Å². The lowest BCUT2D eigenvalue weighted by molar-refractivity contribution is 0.313. The van der Waals surface area contributed by atoms with Crippen molar-refractivity contribution in [2.75, 3.05) is 20.2 Å². The molecule has 1 atom stereocenters. The van der Waals surface area contributed by atoms with Crippen molar-refractivity contribution < 1.29 is 9.84 Å². The zero-order valence-corrected chi connectivity index (χ0v) is 10.6. The van der Waals surface area contributed by atoms with Crippen LogP contribution in [0.3, 0.4) is 0 Å². The standard InChI is InChI=1S/C14H21NO2/c1-3-11-6-7-15(9-11)10-12-4-5-14(17-2)13(16)8-12/h4-5,8,11,16H,3,6-7,9-10H2,1-2H3. The molecular weight excluding hydrogens is 214 g/mol. The third-order valence-electron chi connectivity index (χ3n) is 3.60. The van der Waals surface area contributed by atoms with Crippen LogP contribution in [-0.2, 0) is 6.54 Å². The van der Waals surface area contributed by atoms with Crippen LogP contribution in [0.4, 0.5) is 0 Å². The van der Waals surface area contributed by atoms with E-state index in [0.717, 1.165) is 18.0 Å². The zero-order valence-electron chi connectivity index (χ0n) is 10.6. The van der Waals surface area contributed by atoms with Crippen molar-refractivity contribution in [1.29, 1.82) is 0 Å². The first-order valence-corrected chi connectivity index (χ1v) is 6.31. The van der Waals surface area contributed by atoms with Crippen LogP contribution in [0.5, 0.6) is 11.5 Å². The fraction of sp³-hybridized carbons (Fsp3) is 0.571. The first-order chi connectivity index (χ1) is 8.22. The Hall–Kier alpha value is -1.22. The number of phenolic OH excluding ortho intramolecular Hbond substituents is 1. The van der Waals surface area contributed by atoms with E-state index in [4.69, 9.17) is 4.74 Å². The Balaban J connectivity index is 1.97. The molecule has 1 aliphatic rings. The summed E-state index contributed by atoms with van der Waals surface area (Å²) in [5.41, 5.74) is 1.15. The number of ether oxygens (including phenoxy) is 1. The van der Waals surface area contributed by atoms with Gasteiger partial charge in [0.25, 0.3) is 0 Å². The molecule has 2 rings (SSSR count). The molecule has 1 aromatic carbocycles. The summed E-state index contributed by atoms with van der Waals surface area (Å²) < 4.78 is 5.04. The molecule has 0 saturated carbocycles. The van der Waals surface area contributed by atoms with Gasteiger partial charge in [-0.25, -0.2) is 0 Å². The number of aromatic hydroxyl groups is 1. The number of benzene rings is 1. The second kappa shape index (κ2) is 5.41. The van der Waals surface area contributed by atoms with E-state index in [1.54, 1.807) is 13.2 Å². The lowest BCUT2D eigenvalue weighted by atomic mass is 10.1. The van der Waals surface area contributed by atoms with Gasteiger partial charge in [-0.2, -0.15) is 0 Å². The van der Waals surface area contributed by atoms with Gasteiger partial charge in [0.15, 0.2) is 11.5 Å². The lowest BCUT2D eigenvalue weighted by Gasteiger charge is -2.16. The minimum Gasteiger partial charge on any atom is -0.504 e. The van der Waals surface area contributed by atoms with Crippen molar-refractivity contribution in [3.05, 3.63) is 23.8 Å². The van der Waals surface area contributed by atoms with Gasteiger partial charge in [-0.1, -0.05) is 19.4 Å². The molecule has 1 heterocycles. The summed E-state index contributed by atoms with van der Waals surface area (Å²) in [6, 6.07) is 5.66. The normalized spacial score (nSPS) is 20.7. The molecule has 3 nitrogen and oxygen atoms in total. The molecule has 1 unspecified atom stereocenters. The molecule has 1 N–H and O–H groups in total. The molecule has 0 aromatic heterocycles. The largest absolute Gasteiger partial charge is 0.504 e. The predicted molar refractivity (Wildman–Crippen MR) is 68.3 cm³/mol. The molecule has 94 valence electrons. The first-order valence-electron chi connectivity index (χ1n) is 6.31. The summed E-state index contributed by atoms with van der Waals surface area (Å²) in [4.78, 5) is 2.45. The van der Waals surface area contributed by atoms with Crippen molar-refractivity contribution in [2.24, 2.45) is 5.92 Å². The van der Waals surface area contributed by atoms with E-state index < -0.39 is 0 Å². The van der Waals surface area contributed by atoms with Gasteiger partial charge < -0.3 is 9.84 Å². The van der Waals surface area contributed by atoms with E-state index in [1.165, 1.54) is 25.9 Å². The van der Waals surface area contributed by atoms with Crippen LogP contribution in [0.15, 0.2) is 18.2 Å². The van der Waals surface area contributed by atoms with Crippen LogP contribution in [-0.4, -0.2) is 30.2 Å². The van der Waals surface area contributed by atoms with Crippen LogP contribution >= 0.6 is 0 Å². The van der Waals surface area contributed by atoms with Crippen LogP contribution in [0.1, 0.15) is 25.3 Å². The number of likely N-dealkylation sites (tertiary alicyclic amines) is 1. The molecule has 1 fully saturated rings.